The van der Waals surface area contributed by atoms with Gasteiger partial charge in [-0.15, -0.1) is 0 Å². The minimum atomic E-state index is -0.524. The molecule has 2 aromatic carbocycles. The van der Waals surface area contributed by atoms with Crippen molar-refractivity contribution in [3.8, 4) is 11.4 Å². The molecule has 0 unspecified atom stereocenters. The van der Waals surface area contributed by atoms with Gasteiger partial charge < -0.3 is 14.9 Å². The fourth-order valence-electron chi connectivity index (χ4n) is 2.44. The molecule has 6 heteroatoms. The standard InChI is InChI=1S/C18H17FN2O3/c19-15-8-13(10-22)18(14(9-15)11-23)24-12-16-6-7-21(20-16)17-4-2-1-3-5-17/h1-9,22-23H,10-12H2. The zero-order valence-electron chi connectivity index (χ0n) is 12.9. The predicted octanol–water partition coefficient (Wildman–Crippen LogP) is 2.58. The monoisotopic (exact) mass is 328 g/mol. The largest absolute Gasteiger partial charge is 0.486 e. The number of hydrogen-bond acceptors (Lipinski definition) is 4. The fraction of sp³-hybridized carbons (Fsp3) is 0.167. The molecule has 124 valence electrons. The number of aliphatic hydroxyl groups excluding tert-OH is 2. The molecule has 1 aromatic heterocycles. The van der Waals surface area contributed by atoms with Crippen LogP contribution in [-0.4, -0.2) is 20.0 Å². The summed E-state index contributed by atoms with van der Waals surface area (Å²) in [5, 5.41) is 23.1. The zero-order chi connectivity index (χ0) is 16.9. The molecule has 0 fully saturated rings. The van der Waals surface area contributed by atoms with Gasteiger partial charge in [-0.3, -0.25) is 0 Å². The summed E-state index contributed by atoms with van der Waals surface area (Å²) in [6, 6.07) is 13.8. The Morgan fingerprint density at radius 3 is 2.29 bits per heavy atom. The second kappa shape index (κ2) is 7.25. The highest BCUT2D eigenvalue weighted by molar-refractivity contribution is 5.41. The molecular formula is C18H17FN2O3. The van der Waals surface area contributed by atoms with Gasteiger partial charge in [-0.05, 0) is 30.3 Å². The van der Waals surface area contributed by atoms with Crippen LogP contribution >= 0.6 is 0 Å². The van der Waals surface area contributed by atoms with Crippen LogP contribution < -0.4 is 4.74 Å². The van der Waals surface area contributed by atoms with E-state index >= 15 is 0 Å². The highest BCUT2D eigenvalue weighted by Crippen LogP contribution is 2.27. The summed E-state index contributed by atoms with van der Waals surface area (Å²) >= 11 is 0. The van der Waals surface area contributed by atoms with Gasteiger partial charge in [-0.25, -0.2) is 9.07 Å². The lowest BCUT2D eigenvalue weighted by Gasteiger charge is -2.13. The summed E-state index contributed by atoms with van der Waals surface area (Å²) in [6.45, 7) is -0.609. The maximum atomic E-state index is 13.4. The highest BCUT2D eigenvalue weighted by atomic mass is 19.1. The second-order valence-electron chi connectivity index (χ2n) is 5.25. The van der Waals surface area contributed by atoms with Crippen molar-refractivity contribution in [2.75, 3.05) is 0 Å². The number of aliphatic hydroxyl groups is 2. The molecule has 0 saturated heterocycles. The van der Waals surface area contributed by atoms with Crippen molar-refractivity contribution in [3.05, 3.63) is 77.4 Å². The van der Waals surface area contributed by atoms with Gasteiger partial charge in [0, 0.05) is 17.3 Å². The van der Waals surface area contributed by atoms with Gasteiger partial charge in [0.15, 0.2) is 0 Å². The molecule has 3 rings (SSSR count). The lowest BCUT2D eigenvalue weighted by molar-refractivity contribution is 0.239. The summed E-state index contributed by atoms with van der Waals surface area (Å²) in [4.78, 5) is 0. The average Bonchev–Trinajstić information content (AvgIpc) is 3.09. The molecule has 24 heavy (non-hydrogen) atoms. The number of halogens is 1. The van der Waals surface area contributed by atoms with E-state index in [1.54, 1.807) is 4.68 Å². The number of rotatable bonds is 6. The zero-order valence-corrected chi connectivity index (χ0v) is 12.9. The lowest BCUT2D eigenvalue weighted by atomic mass is 10.1. The second-order valence-corrected chi connectivity index (χ2v) is 5.25. The quantitative estimate of drug-likeness (QED) is 0.730. The van der Waals surface area contributed by atoms with Crippen molar-refractivity contribution >= 4 is 0 Å². The first-order valence-corrected chi connectivity index (χ1v) is 7.47. The van der Waals surface area contributed by atoms with E-state index in [2.05, 4.69) is 5.10 Å². The van der Waals surface area contributed by atoms with E-state index in [0.717, 1.165) is 5.69 Å². The maximum Gasteiger partial charge on any atom is 0.132 e. The molecule has 0 radical (unpaired) electrons. The Kier molecular flexibility index (Phi) is 4.88. The number of hydrogen-bond donors (Lipinski definition) is 2. The molecule has 0 bridgehead atoms. The Bertz CT molecular complexity index is 793. The molecule has 3 aromatic rings. The van der Waals surface area contributed by atoms with Crippen molar-refractivity contribution in [1.29, 1.82) is 0 Å². The molecule has 0 aliphatic carbocycles. The van der Waals surface area contributed by atoms with Gasteiger partial charge >= 0.3 is 0 Å². The number of para-hydroxylation sites is 1. The van der Waals surface area contributed by atoms with Crippen LogP contribution in [0.2, 0.25) is 0 Å². The summed E-state index contributed by atoms with van der Waals surface area (Å²) in [5.74, 6) is -0.237. The van der Waals surface area contributed by atoms with Gasteiger partial charge in [0.05, 0.1) is 18.9 Å². The summed E-state index contributed by atoms with van der Waals surface area (Å²) in [7, 11) is 0. The number of nitrogens with zero attached hydrogens (tertiary/aromatic N) is 2. The summed E-state index contributed by atoms with van der Waals surface area (Å²) < 4.78 is 20.8. The van der Waals surface area contributed by atoms with Crippen molar-refractivity contribution < 1.29 is 19.3 Å². The van der Waals surface area contributed by atoms with Gasteiger partial charge in [-0.2, -0.15) is 5.10 Å². The van der Waals surface area contributed by atoms with Crippen molar-refractivity contribution in [1.82, 2.24) is 9.78 Å². The number of benzene rings is 2. The summed E-state index contributed by atoms with van der Waals surface area (Å²) in [5.41, 5.74) is 2.19. The first-order chi connectivity index (χ1) is 11.7. The minimum Gasteiger partial charge on any atom is -0.486 e. The maximum absolute atomic E-state index is 13.4. The molecule has 5 nitrogen and oxygen atoms in total. The average molecular weight is 328 g/mol. The first kappa shape index (κ1) is 16.2. The first-order valence-electron chi connectivity index (χ1n) is 7.47. The Morgan fingerprint density at radius 1 is 1.00 bits per heavy atom. The van der Waals surface area contributed by atoms with E-state index in [-0.39, 0.29) is 25.6 Å². The third kappa shape index (κ3) is 3.45. The van der Waals surface area contributed by atoms with Gasteiger partial charge in [-0.1, -0.05) is 18.2 Å². The highest BCUT2D eigenvalue weighted by Gasteiger charge is 2.13. The van der Waals surface area contributed by atoms with E-state index in [1.165, 1.54) is 12.1 Å². The minimum absolute atomic E-state index is 0.144. The Hall–Kier alpha value is -2.70. The normalized spacial score (nSPS) is 10.8. The van der Waals surface area contributed by atoms with Crippen LogP contribution in [0.25, 0.3) is 5.69 Å². The van der Waals surface area contributed by atoms with Gasteiger partial charge in [0.2, 0.25) is 0 Å². The Labute approximate surface area is 138 Å². The van der Waals surface area contributed by atoms with Crippen molar-refractivity contribution in [2.45, 2.75) is 19.8 Å². The molecule has 0 amide bonds. The number of aromatic nitrogens is 2. The molecule has 1 heterocycles. The molecular weight excluding hydrogens is 311 g/mol. The van der Waals surface area contributed by atoms with Gasteiger partial charge in [0.25, 0.3) is 0 Å². The van der Waals surface area contributed by atoms with Crippen LogP contribution in [0.15, 0.2) is 54.7 Å². The number of ether oxygens (including phenoxy) is 1. The smallest absolute Gasteiger partial charge is 0.132 e. The lowest BCUT2D eigenvalue weighted by Crippen LogP contribution is -2.05. The molecule has 0 aliphatic heterocycles. The molecule has 0 aliphatic rings. The van der Waals surface area contributed by atoms with E-state index in [4.69, 9.17) is 4.74 Å². The van der Waals surface area contributed by atoms with Crippen LogP contribution in [0.4, 0.5) is 4.39 Å². The molecule has 0 atom stereocenters. The van der Waals surface area contributed by atoms with Crippen LogP contribution in [-0.2, 0) is 19.8 Å². The van der Waals surface area contributed by atoms with Gasteiger partial charge in [0.1, 0.15) is 23.9 Å². The predicted molar refractivity (Wildman–Crippen MR) is 86.1 cm³/mol. The van der Waals surface area contributed by atoms with Crippen molar-refractivity contribution in [3.63, 3.8) is 0 Å². The van der Waals surface area contributed by atoms with Crippen LogP contribution in [0.3, 0.4) is 0 Å². The topological polar surface area (TPSA) is 67.5 Å². The summed E-state index contributed by atoms with van der Waals surface area (Å²) in [6.07, 6.45) is 1.82. The third-order valence-corrected chi connectivity index (χ3v) is 3.58. The van der Waals surface area contributed by atoms with Crippen LogP contribution in [0, 0.1) is 5.82 Å². The Morgan fingerprint density at radius 2 is 1.67 bits per heavy atom. The fourth-order valence-corrected chi connectivity index (χ4v) is 2.44. The van der Waals surface area contributed by atoms with Crippen LogP contribution in [0.1, 0.15) is 16.8 Å². The molecule has 2 N–H and O–H groups in total. The van der Waals surface area contributed by atoms with E-state index in [0.29, 0.717) is 16.8 Å². The third-order valence-electron chi connectivity index (χ3n) is 3.58. The van der Waals surface area contributed by atoms with E-state index in [1.807, 2.05) is 42.6 Å². The molecule has 0 spiro atoms. The van der Waals surface area contributed by atoms with E-state index in [9.17, 15) is 14.6 Å². The Balaban J connectivity index is 1.78. The van der Waals surface area contributed by atoms with E-state index < -0.39 is 5.82 Å². The SMILES string of the molecule is OCc1cc(F)cc(CO)c1OCc1ccn(-c2ccccc2)n1. The van der Waals surface area contributed by atoms with Crippen LogP contribution in [0.5, 0.6) is 5.75 Å². The molecule has 0 saturated carbocycles. The van der Waals surface area contributed by atoms with Crippen molar-refractivity contribution in [2.24, 2.45) is 0 Å².